The Hall–Kier alpha value is -1.51. The van der Waals surface area contributed by atoms with Gasteiger partial charge < -0.3 is 11.1 Å². The minimum absolute atomic E-state index is 0.397. The van der Waals surface area contributed by atoms with Crippen molar-refractivity contribution in [2.45, 2.75) is 6.92 Å². The van der Waals surface area contributed by atoms with Gasteiger partial charge in [0.25, 0.3) is 5.91 Å². The van der Waals surface area contributed by atoms with Gasteiger partial charge in [0.2, 0.25) is 0 Å². The van der Waals surface area contributed by atoms with Crippen molar-refractivity contribution in [1.82, 2.24) is 0 Å². The van der Waals surface area contributed by atoms with E-state index in [1.165, 1.54) is 0 Å². The molecule has 3 nitrogen and oxygen atoms in total. The number of carbonyl (C=O) groups excluding carboxylic acids is 1. The van der Waals surface area contributed by atoms with E-state index in [-0.39, 0.29) is 0 Å². The lowest BCUT2D eigenvalue weighted by Crippen LogP contribution is -2.14. The molecule has 0 fully saturated rings. The molecule has 0 heterocycles. The van der Waals surface area contributed by atoms with Crippen LogP contribution in [0.3, 0.4) is 0 Å². The maximum Gasteiger partial charge on any atom is 0.250 e. The highest BCUT2D eigenvalue weighted by molar-refractivity contribution is 5.98. The SMILES string of the molecule is CCNc1ccccc1C(N)=O. The number of amides is 1. The molecule has 0 aliphatic rings. The van der Waals surface area contributed by atoms with E-state index >= 15 is 0 Å². The zero-order valence-electron chi connectivity index (χ0n) is 7.00. The minimum atomic E-state index is -0.397. The predicted octanol–water partition coefficient (Wildman–Crippen LogP) is 1.22. The summed E-state index contributed by atoms with van der Waals surface area (Å²) >= 11 is 0. The first-order chi connectivity index (χ1) is 5.75. The quantitative estimate of drug-likeness (QED) is 0.705. The Bertz CT molecular complexity index is 284. The first kappa shape index (κ1) is 8.59. The molecule has 1 rings (SSSR count). The summed E-state index contributed by atoms with van der Waals surface area (Å²) in [5.74, 6) is -0.397. The topological polar surface area (TPSA) is 55.1 Å². The molecule has 3 N–H and O–H groups in total. The van der Waals surface area contributed by atoms with Gasteiger partial charge in [0.1, 0.15) is 0 Å². The minimum Gasteiger partial charge on any atom is -0.385 e. The Morgan fingerprint density at radius 1 is 1.50 bits per heavy atom. The molecule has 12 heavy (non-hydrogen) atoms. The Morgan fingerprint density at radius 3 is 2.75 bits per heavy atom. The molecule has 0 atom stereocenters. The zero-order valence-corrected chi connectivity index (χ0v) is 7.00. The number of nitrogens with two attached hydrogens (primary N) is 1. The summed E-state index contributed by atoms with van der Waals surface area (Å²) in [7, 11) is 0. The second-order valence-corrected chi connectivity index (χ2v) is 2.44. The van der Waals surface area contributed by atoms with Crippen molar-refractivity contribution < 1.29 is 4.79 Å². The zero-order chi connectivity index (χ0) is 8.97. The van der Waals surface area contributed by atoms with Crippen molar-refractivity contribution in [3.8, 4) is 0 Å². The molecule has 0 saturated heterocycles. The van der Waals surface area contributed by atoms with E-state index in [1.807, 2.05) is 19.1 Å². The van der Waals surface area contributed by atoms with E-state index in [4.69, 9.17) is 5.73 Å². The van der Waals surface area contributed by atoms with Gasteiger partial charge in [0.15, 0.2) is 0 Å². The van der Waals surface area contributed by atoms with Gasteiger partial charge in [0, 0.05) is 12.2 Å². The highest BCUT2D eigenvalue weighted by atomic mass is 16.1. The Morgan fingerprint density at radius 2 is 2.17 bits per heavy atom. The van der Waals surface area contributed by atoms with Crippen LogP contribution in [0, 0.1) is 0 Å². The first-order valence-electron chi connectivity index (χ1n) is 3.88. The molecule has 1 aromatic rings. The maximum absolute atomic E-state index is 10.9. The lowest BCUT2D eigenvalue weighted by molar-refractivity contribution is 0.100. The summed E-state index contributed by atoms with van der Waals surface area (Å²) in [6.45, 7) is 2.75. The van der Waals surface area contributed by atoms with E-state index in [9.17, 15) is 4.79 Å². The van der Waals surface area contributed by atoms with E-state index in [0.29, 0.717) is 5.56 Å². The van der Waals surface area contributed by atoms with Gasteiger partial charge in [-0.2, -0.15) is 0 Å². The van der Waals surface area contributed by atoms with Crippen molar-refractivity contribution in [3.63, 3.8) is 0 Å². The second-order valence-electron chi connectivity index (χ2n) is 2.44. The van der Waals surface area contributed by atoms with Gasteiger partial charge >= 0.3 is 0 Å². The summed E-state index contributed by atoms with van der Waals surface area (Å²) in [4.78, 5) is 10.9. The molecule has 0 aromatic heterocycles. The van der Waals surface area contributed by atoms with Crippen LogP contribution in [0.5, 0.6) is 0 Å². The van der Waals surface area contributed by atoms with E-state index in [2.05, 4.69) is 5.32 Å². The molecule has 0 radical (unpaired) electrons. The summed E-state index contributed by atoms with van der Waals surface area (Å²) in [6, 6.07) is 7.20. The van der Waals surface area contributed by atoms with E-state index in [0.717, 1.165) is 12.2 Å². The van der Waals surface area contributed by atoms with Crippen molar-refractivity contribution in [2.24, 2.45) is 5.73 Å². The van der Waals surface area contributed by atoms with Gasteiger partial charge in [-0.25, -0.2) is 0 Å². The highest BCUT2D eigenvalue weighted by Crippen LogP contribution is 2.13. The molecule has 1 aromatic carbocycles. The van der Waals surface area contributed by atoms with Gasteiger partial charge in [-0.15, -0.1) is 0 Å². The van der Waals surface area contributed by atoms with Crippen LogP contribution >= 0.6 is 0 Å². The summed E-state index contributed by atoms with van der Waals surface area (Å²) < 4.78 is 0. The van der Waals surface area contributed by atoms with Crippen LogP contribution in [0.15, 0.2) is 24.3 Å². The number of anilines is 1. The number of hydrogen-bond acceptors (Lipinski definition) is 2. The lowest BCUT2D eigenvalue weighted by atomic mass is 10.1. The van der Waals surface area contributed by atoms with E-state index < -0.39 is 5.91 Å². The average molecular weight is 164 g/mol. The van der Waals surface area contributed by atoms with Gasteiger partial charge in [0.05, 0.1) is 5.56 Å². The van der Waals surface area contributed by atoms with Crippen LogP contribution < -0.4 is 11.1 Å². The normalized spacial score (nSPS) is 9.42. The van der Waals surface area contributed by atoms with Crippen molar-refractivity contribution in [3.05, 3.63) is 29.8 Å². The van der Waals surface area contributed by atoms with Crippen LogP contribution in [0.1, 0.15) is 17.3 Å². The van der Waals surface area contributed by atoms with E-state index in [1.54, 1.807) is 12.1 Å². The number of primary amides is 1. The molecule has 64 valence electrons. The second kappa shape index (κ2) is 3.76. The van der Waals surface area contributed by atoms with Crippen LogP contribution in [-0.4, -0.2) is 12.5 Å². The van der Waals surface area contributed by atoms with Crippen molar-refractivity contribution >= 4 is 11.6 Å². The van der Waals surface area contributed by atoms with Crippen LogP contribution in [0.2, 0.25) is 0 Å². The monoisotopic (exact) mass is 164 g/mol. The smallest absolute Gasteiger partial charge is 0.250 e. The van der Waals surface area contributed by atoms with Crippen LogP contribution in [0.25, 0.3) is 0 Å². The molecule has 0 spiro atoms. The van der Waals surface area contributed by atoms with Crippen LogP contribution in [-0.2, 0) is 0 Å². The lowest BCUT2D eigenvalue weighted by Gasteiger charge is -2.06. The molecule has 0 saturated carbocycles. The van der Waals surface area contributed by atoms with Crippen LogP contribution in [0.4, 0.5) is 5.69 Å². The molecular formula is C9H12N2O. The molecule has 0 bridgehead atoms. The summed E-state index contributed by atoms with van der Waals surface area (Å²) in [5, 5.41) is 3.06. The number of nitrogens with one attached hydrogen (secondary N) is 1. The standard InChI is InChI=1S/C9H12N2O/c1-2-11-8-6-4-3-5-7(8)9(10)12/h3-6,11H,2H2,1H3,(H2,10,12). The molecule has 1 amide bonds. The first-order valence-corrected chi connectivity index (χ1v) is 3.88. The third-order valence-electron chi connectivity index (χ3n) is 1.56. The van der Waals surface area contributed by atoms with Gasteiger partial charge in [-0.05, 0) is 19.1 Å². The van der Waals surface area contributed by atoms with Gasteiger partial charge in [-0.1, -0.05) is 12.1 Å². The predicted molar refractivity (Wildman–Crippen MR) is 49.1 cm³/mol. The Labute approximate surface area is 71.6 Å². The number of hydrogen-bond donors (Lipinski definition) is 2. The third-order valence-corrected chi connectivity index (χ3v) is 1.56. The fourth-order valence-corrected chi connectivity index (χ4v) is 1.04. The number of carbonyl (C=O) groups is 1. The fraction of sp³-hybridized carbons (Fsp3) is 0.222. The molecule has 0 aliphatic carbocycles. The Kier molecular flexibility index (Phi) is 2.69. The number of benzene rings is 1. The Balaban J connectivity index is 3.00. The van der Waals surface area contributed by atoms with Crippen molar-refractivity contribution in [2.75, 3.05) is 11.9 Å². The average Bonchev–Trinajstić information content (AvgIpc) is 2.05. The molecule has 0 unspecified atom stereocenters. The molecule has 0 aliphatic heterocycles. The highest BCUT2D eigenvalue weighted by Gasteiger charge is 2.04. The molecule has 3 heteroatoms. The fourth-order valence-electron chi connectivity index (χ4n) is 1.04. The molecular weight excluding hydrogens is 152 g/mol. The van der Waals surface area contributed by atoms with Gasteiger partial charge in [-0.3, -0.25) is 4.79 Å². The summed E-state index contributed by atoms with van der Waals surface area (Å²) in [6.07, 6.45) is 0. The summed E-state index contributed by atoms with van der Waals surface area (Å²) in [5.41, 5.74) is 6.51. The third kappa shape index (κ3) is 1.75. The number of para-hydroxylation sites is 1. The number of rotatable bonds is 3. The maximum atomic E-state index is 10.9. The largest absolute Gasteiger partial charge is 0.385 e. The van der Waals surface area contributed by atoms with Crippen molar-refractivity contribution in [1.29, 1.82) is 0 Å².